The maximum absolute atomic E-state index is 12.7. The molecule has 3 unspecified atom stereocenters. The number of likely N-dealkylation sites (tertiary alicyclic amines) is 1. The van der Waals surface area contributed by atoms with Crippen molar-refractivity contribution in [2.24, 2.45) is 22.8 Å². The molecule has 4 N–H and O–H groups in total. The minimum Gasteiger partial charge on any atom is -0.392 e. The molecule has 2 amide bonds. The minimum absolute atomic E-state index is 0.0864. The van der Waals surface area contributed by atoms with Crippen LogP contribution in [-0.4, -0.2) is 34.3 Å². The predicted octanol–water partition coefficient (Wildman–Crippen LogP) is 0.801. The van der Waals surface area contributed by atoms with Crippen LogP contribution in [0.25, 0.3) is 0 Å². The Morgan fingerprint density at radius 2 is 1.95 bits per heavy atom. The molecule has 1 aliphatic rings. The van der Waals surface area contributed by atoms with E-state index in [1.807, 2.05) is 13.8 Å². The Morgan fingerprint density at radius 1 is 1.37 bits per heavy atom. The maximum atomic E-state index is 12.7. The molecular formula is C13H23N3O2S. The molecule has 1 heterocycles. The van der Waals surface area contributed by atoms with Gasteiger partial charge in [0.05, 0.1) is 16.3 Å². The Labute approximate surface area is 119 Å². The largest absolute Gasteiger partial charge is 0.392 e. The molecule has 5 nitrogen and oxygen atoms in total. The average molecular weight is 285 g/mol. The molecule has 0 spiro atoms. The molecule has 0 saturated carbocycles. The normalized spacial score (nSPS) is 26.6. The smallest absolute Gasteiger partial charge is 0.235 e. The number of carbonyl (C=O) groups excluding carboxylic acids is 2. The minimum atomic E-state index is -0.844. The number of primary amides is 1. The molecule has 1 rings (SSSR count). The Balaban J connectivity index is 2.95. The summed E-state index contributed by atoms with van der Waals surface area (Å²) >= 11 is 5.03. The number of amides is 2. The molecule has 0 aromatic rings. The first kappa shape index (κ1) is 15.9. The number of nitrogens with zero attached hydrogens (tertiary/aromatic N) is 1. The molecule has 108 valence electrons. The Morgan fingerprint density at radius 3 is 2.37 bits per heavy atom. The topological polar surface area (TPSA) is 89.4 Å². The lowest BCUT2D eigenvalue weighted by Crippen LogP contribution is -2.55. The van der Waals surface area contributed by atoms with Crippen molar-refractivity contribution in [3.63, 3.8) is 0 Å². The highest BCUT2D eigenvalue weighted by molar-refractivity contribution is 7.80. The number of piperidine rings is 1. The highest BCUT2D eigenvalue weighted by Crippen LogP contribution is 2.30. The van der Waals surface area contributed by atoms with E-state index in [9.17, 15) is 9.59 Å². The van der Waals surface area contributed by atoms with E-state index >= 15 is 0 Å². The van der Waals surface area contributed by atoms with E-state index in [-0.39, 0.29) is 28.8 Å². The van der Waals surface area contributed by atoms with Crippen LogP contribution in [0.15, 0.2) is 0 Å². The molecule has 0 radical (unpaired) electrons. The van der Waals surface area contributed by atoms with E-state index in [1.165, 1.54) is 0 Å². The number of hydrogen-bond acceptors (Lipinski definition) is 3. The van der Waals surface area contributed by atoms with E-state index in [0.29, 0.717) is 13.0 Å². The van der Waals surface area contributed by atoms with Crippen LogP contribution in [0.3, 0.4) is 0 Å². The zero-order valence-electron chi connectivity index (χ0n) is 11.8. The standard InChI is InChI=1S/C13H23N3O2S/c1-4-13(3,11(15)19)12(18)16-7-9(10(14)17)6-5-8(16)2/h8-9H,4-7H2,1-3H3,(H2,14,17)(H2,15,19). The molecule has 0 aliphatic carbocycles. The SMILES string of the molecule is CCC(C)(C(=O)N1CC(C(N)=O)CCC1C)C(N)=S. The fraction of sp³-hybridized carbons (Fsp3) is 0.769. The molecule has 3 atom stereocenters. The van der Waals surface area contributed by atoms with Gasteiger partial charge in [0.1, 0.15) is 0 Å². The number of rotatable bonds is 4. The molecule has 1 saturated heterocycles. The Kier molecular flexibility index (Phi) is 4.90. The summed E-state index contributed by atoms with van der Waals surface area (Å²) in [6.07, 6.45) is 2.05. The summed E-state index contributed by atoms with van der Waals surface area (Å²) in [5, 5.41) is 0. The van der Waals surface area contributed by atoms with Crippen molar-refractivity contribution in [2.75, 3.05) is 6.54 Å². The first-order valence-corrected chi connectivity index (χ1v) is 7.05. The summed E-state index contributed by atoms with van der Waals surface area (Å²) in [6.45, 7) is 5.99. The van der Waals surface area contributed by atoms with E-state index in [2.05, 4.69) is 0 Å². The number of carbonyl (C=O) groups is 2. The molecule has 19 heavy (non-hydrogen) atoms. The van der Waals surface area contributed by atoms with Crippen molar-refractivity contribution in [3.05, 3.63) is 0 Å². The first-order chi connectivity index (χ1) is 8.74. The molecule has 0 aromatic carbocycles. The lowest BCUT2D eigenvalue weighted by atomic mass is 9.83. The summed E-state index contributed by atoms with van der Waals surface area (Å²) in [6, 6.07) is 0.0864. The Hall–Kier alpha value is -1.17. The predicted molar refractivity (Wildman–Crippen MR) is 78.3 cm³/mol. The number of hydrogen-bond donors (Lipinski definition) is 2. The van der Waals surface area contributed by atoms with Gasteiger partial charge in [0.2, 0.25) is 11.8 Å². The summed E-state index contributed by atoms with van der Waals surface area (Å²) in [5.41, 5.74) is 10.2. The van der Waals surface area contributed by atoms with Crippen molar-refractivity contribution < 1.29 is 9.59 Å². The molecule has 6 heteroatoms. The monoisotopic (exact) mass is 285 g/mol. The zero-order chi connectivity index (χ0) is 14.8. The molecule has 0 bridgehead atoms. The van der Waals surface area contributed by atoms with Crippen LogP contribution in [-0.2, 0) is 9.59 Å². The van der Waals surface area contributed by atoms with E-state index in [0.717, 1.165) is 12.8 Å². The van der Waals surface area contributed by atoms with Crippen molar-refractivity contribution in [3.8, 4) is 0 Å². The average Bonchev–Trinajstić information content (AvgIpc) is 2.36. The van der Waals surface area contributed by atoms with Crippen LogP contribution in [0.5, 0.6) is 0 Å². The third-order valence-electron chi connectivity index (χ3n) is 4.27. The van der Waals surface area contributed by atoms with Gasteiger partial charge in [-0.25, -0.2) is 0 Å². The number of thiocarbonyl (C=S) groups is 1. The van der Waals surface area contributed by atoms with Crippen LogP contribution in [0.2, 0.25) is 0 Å². The summed E-state index contributed by atoms with van der Waals surface area (Å²) in [4.78, 5) is 25.9. The third kappa shape index (κ3) is 3.05. The molecule has 0 aromatic heterocycles. The van der Waals surface area contributed by atoms with Crippen molar-refractivity contribution in [1.29, 1.82) is 0 Å². The van der Waals surface area contributed by atoms with E-state index in [4.69, 9.17) is 23.7 Å². The fourth-order valence-corrected chi connectivity index (χ4v) is 2.60. The van der Waals surface area contributed by atoms with Gasteiger partial charge in [-0.2, -0.15) is 0 Å². The highest BCUT2D eigenvalue weighted by atomic mass is 32.1. The van der Waals surface area contributed by atoms with Gasteiger partial charge in [-0.3, -0.25) is 9.59 Å². The second kappa shape index (κ2) is 5.86. The Bertz CT molecular complexity index is 399. The van der Waals surface area contributed by atoms with Crippen LogP contribution >= 0.6 is 12.2 Å². The van der Waals surface area contributed by atoms with Gasteiger partial charge in [0.25, 0.3) is 0 Å². The quantitative estimate of drug-likeness (QED) is 0.748. The molecular weight excluding hydrogens is 262 g/mol. The molecule has 1 aliphatic heterocycles. The van der Waals surface area contributed by atoms with Crippen molar-refractivity contribution in [2.45, 2.75) is 46.1 Å². The zero-order valence-corrected chi connectivity index (χ0v) is 12.6. The van der Waals surface area contributed by atoms with Crippen LogP contribution < -0.4 is 11.5 Å². The van der Waals surface area contributed by atoms with Crippen LogP contribution in [0.4, 0.5) is 0 Å². The lowest BCUT2D eigenvalue weighted by molar-refractivity contribution is -0.143. The molecule has 1 fully saturated rings. The van der Waals surface area contributed by atoms with Crippen LogP contribution in [0.1, 0.15) is 40.0 Å². The maximum Gasteiger partial charge on any atom is 0.235 e. The second-order valence-corrected chi connectivity index (χ2v) is 5.97. The summed E-state index contributed by atoms with van der Waals surface area (Å²) in [7, 11) is 0. The highest BCUT2D eigenvalue weighted by Gasteiger charge is 2.42. The summed E-state index contributed by atoms with van der Waals surface area (Å²) in [5.74, 6) is -0.716. The fourth-order valence-electron chi connectivity index (χ4n) is 2.37. The van der Waals surface area contributed by atoms with Gasteiger partial charge in [-0.15, -0.1) is 0 Å². The second-order valence-electron chi connectivity index (χ2n) is 5.53. The third-order valence-corrected chi connectivity index (χ3v) is 4.72. The van der Waals surface area contributed by atoms with Gasteiger partial charge in [-0.1, -0.05) is 19.1 Å². The van der Waals surface area contributed by atoms with E-state index < -0.39 is 5.41 Å². The first-order valence-electron chi connectivity index (χ1n) is 6.64. The van der Waals surface area contributed by atoms with Crippen LogP contribution in [0, 0.1) is 11.3 Å². The van der Waals surface area contributed by atoms with Gasteiger partial charge >= 0.3 is 0 Å². The van der Waals surface area contributed by atoms with E-state index in [1.54, 1.807) is 11.8 Å². The van der Waals surface area contributed by atoms with Gasteiger partial charge < -0.3 is 16.4 Å². The van der Waals surface area contributed by atoms with Gasteiger partial charge in [0.15, 0.2) is 0 Å². The number of nitrogens with two attached hydrogens (primary N) is 2. The van der Waals surface area contributed by atoms with Crippen molar-refractivity contribution in [1.82, 2.24) is 4.90 Å². The van der Waals surface area contributed by atoms with Gasteiger partial charge in [-0.05, 0) is 33.1 Å². The van der Waals surface area contributed by atoms with Crippen molar-refractivity contribution >= 4 is 29.0 Å². The lowest BCUT2D eigenvalue weighted by Gasteiger charge is -2.41. The summed E-state index contributed by atoms with van der Waals surface area (Å²) < 4.78 is 0. The van der Waals surface area contributed by atoms with Gasteiger partial charge in [0, 0.05) is 12.6 Å².